The molecule has 2 unspecified atom stereocenters. The quantitative estimate of drug-likeness (QED) is 0.0267. The highest BCUT2D eigenvalue weighted by atomic mass is 32.2. The van der Waals surface area contributed by atoms with Crippen molar-refractivity contribution in [3.8, 4) is 0 Å². The van der Waals surface area contributed by atoms with Crippen LogP contribution in [0.2, 0.25) is 0 Å². The third-order valence-electron chi connectivity index (χ3n) is 10.4. The summed E-state index contributed by atoms with van der Waals surface area (Å²) in [5.41, 5.74) is 0. The zero-order valence-electron chi connectivity index (χ0n) is 34.6. The second-order valence-corrected chi connectivity index (χ2v) is 17.2. The van der Waals surface area contributed by atoms with Crippen LogP contribution in [0.3, 0.4) is 0 Å². The Morgan fingerprint density at radius 1 is 0.545 bits per heavy atom. The van der Waals surface area contributed by atoms with Crippen LogP contribution in [-0.2, 0) is 38.7 Å². The first-order valence-corrected chi connectivity index (χ1v) is 23.7. The third-order valence-corrected chi connectivity index (χ3v) is 11.2. The fourth-order valence-electron chi connectivity index (χ4n) is 6.97. The van der Waals surface area contributed by atoms with E-state index in [-0.39, 0.29) is 19.4 Å². The Morgan fingerprint density at radius 3 is 1.33 bits per heavy atom. The summed E-state index contributed by atoms with van der Waals surface area (Å²) in [5.74, 6) is -1.97. The molecule has 0 aromatic rings. The van der Waals surface area contributed by atoms with E-state index in [1.165, 1.54) is 122 Å². The van der Waals surface area contributed by atoms with Crippen LogP contribution in [0, 0.1) is 0 Å². The average Bonchev–Trinajstić information content (AvgIpc) is 3.14. The van der Waals surface area contributed by atoms with Gasteiger partial charge in [0.05, 0.1) is 6.61 Å². The Labute approximate surface area is 333 Å². The van der Waals surface area contributed by atoms with E-state index < -0.39 is 71.2 Å². The zero-order chi connectivity index (χ0) is 40.6. The van der Waals surface area contributed by atoms with Crippen LogP contribution in [0.4, 0.5) is 0 Å². The van der Waals surface area contributed by atoms with E-state index in [2.05, 4.69) is 13.8 Å². The number of aliphatic hydroxyl groups is 3. The van der Waals surface area contributed by atoms with Gasteiger partial charge in [-0.3, -0.25) is 14.1 Å². The van der Waals surface area contributed by atoms with Gasteiger partial charge in [0.2, 0.25) is 0 Å². The number of rotatable bonds is 37. The number of hydrogen-bond donors (Lipinski definition) is 4. The summed E-state index contributed by atoms with van der Waals surface area (Å²) in [6, 6.07) is 0. The van der Waals surface area contributed by atoms with Crippen molar-refractivity contribution in [3.05, 3.63) is 0 Å². The first-order valence-electron chi connectivity index (χ1n) is 22.1. The van der Waals surface area contributed by atoms with E-state index in [1.54, 1.807) is 0 Å². The van der Waals surface area contributed by atoms with E-state index in [0.29, 0.717) is 12.8 Å². The Balaban J connectivity index is 2.35. The van der Waals surface area contributed by atoms with Gasteiger partial charge in [0.25, 0.3) is 10.1 Å². The minimum Gasteiger partial charge on any atom is -0.462 e. The molecular weight excluding hydrogens is 729 g/mol. The van der Waals surface area contributed by atoms with Gasteiger partial charge in [-0.2, -0.15) is 8.42 Å². The molecular formula is C42H80O12S. The van der Waals surface area contributed by atoms with Crippen molar-refractivity contribution in [1.29, 1.82) is 0 Å². The Bertz CT molecular complexity index is 1040. The van der Waals surface area contributed by atoms with Crippen LogP contribution in [-0.4, -0.2) is 96.0 Å². The fraction of sp³-hybridized carbons (Fsp3) is 0.952. The van der Waals surface area contributed by atoms with Crippen LogP contribution in [0.15, 0.2) is 0 Å². The van der Waals surface area contributed by atoms with Crippen LogP contribution < -0.4 is 0 Å². The highest BCUT2D eigenvalue weighted by Crippen LogP contribution is 2.24. The predicted octanol–water partition coefficient (Wildman–Crippen LogP) is 8.51. The van der Waals surface area contributed by atoms with E-state index >= 15 is 0 Å². The molecule has 326 valence electrons. The fourth-order valence-corrected chi connectivity index (χ4v) is 7.66. The summed E-state index contributed by atoms with van der Waals surface area (Å²) in [5, 5.41) is 30.8. The van der Waals surface area contributed by atoms with E-state index in [4.69, 9.17) is 18.9 Å². The maximum absolute atomic E-state index is 12.8. The van der Waals surface area contributed by atoms with Crippen molar-refractivity contribution in [2.75, 3.05) is 19.0 Å². The standard InChI is InChI=1S/C42H80O12S/c1-3-5-7-9-11-12-13-14-15-16-17-18-19-20-21-22-23-25-27-29-31-38(44)53-35(32-51-37(43)30-28-26-24-10-8-6-4-2)33-52-42-41(47)40(46)39(45)36(54-42)34-55(48,49)50/h35-36,39-42,45-47H,3-34H2,1-2H3,(H,48,49,50)/t35-,36-,39-,40?,41?,42+/m1/s1. The Morgan fingerprint density at radius 2 is 0.927 bits per heavy atom. The van der Waals surface area contributed by atoms with Crippen LogP contribution in [0.5, 0.6) is 0 Å². The molecule has 55 heavy (non-hydrogen) atoms. The second-order valence-electron chi connectivity index (χ2n) is 15.7. The number of esters is 2. The van der Waals surface area contributed by atoms with Crippen LogP contribution >= 0.6 is 0 Å². The molecule has 0 aliphatic carbocycles. The zero-order valence-corrected chi connectivity index (χ0v) is 35.4. The summed E-state index contributed by atoms with van der Waals surface area (Å²) in [6.45, 7) is 3.72. The van der Waals surface area contributed by atoms with Gasteiger partial charge < -0.3 is 34.3 Å². The lowest BCUT2D eigenvalue weighted by molar-refractivity contribution is -0.297. The first-order chi connectivity index (χ1) is 26.5. The van der Waals surface area contributed by atoms with Gasteiger partial charge in [0.1, 0.15) is 36.8 Å². The summed E-state index contributed by atoms with van der Waals surface area (Å²) in [6.07, 6.45) is 23.3. The molecule has 0 amide bonds. The van der Waals surface area contributed by atoms with Gasteiger partial charge in [-0.25, -0.2) is 0 Å². The average molecular weight is 809 g/mol. The van der Waals surface area contributed by atoms with Crippen molar-refractivity contribution < 1.29 is 56.8 Å². The first kappa shape index (κ1) is 51.7. The summed E-state index contributed by atoms with van der Waals surface area (Å²) < 4.78 is 53.8. The number of ether oxygens (including phenoxy) is 4. The topological polar surface area (TPSA) is 186 Å². The number of hydrogen-bond acceptors (Lipinski definition) is 11. The van der Waals surface area contributed by atoms with Gasteiger partial charge in [-0.15, -0.1) is 0 Å². The predicted molar refractivity (Wildman–Crippen MR) is 215 cm³/mol. The lowest BCUT2D eigenvalue weighted by Gasteiger charge is -2.40. The van der Waals surface area contributed by atoms with E-state index in [1.807, 2.05) is 0 Å². The third kappa shape index (κ3) is 28.7. The molecule has 1 fully saturated rings. The summed E-state index contributed by atoms with van der Waals surface area (Å²) in [7, 11) is -4.59. The molecule has 13 heteroatoms. The Hall–Kier alpha value is -1.35. The van der Waals surface area contributed by atoms with Gasteiger partial charge in [-0.05, 0) is 12.8 Å². The molecule has 0 radical (unpaired) electrons. The molecule has 0 aromatic heterocycles. The number of unbranched alkanes of at least 4 members (excludes halogenated alkanes) is 25. The normalized spacial score (nSPS) is 20.7. The SMILES string of the molecule is CCCCCCCCCCCCCCCCCCCCCCC(=O)O[C@H](COC(=O)CCCCCCCCC)CO[C@H]1O[C@H](CS(=O)(=O)O)[C@@H](O)C(O)C1O. The molecule has 1 aliphatic rings. The van der Waals surface area contributed by atoms with Crippen molar-refractivity contribution in [1.82, 2.24) is 0 Å². The monoisotopic (exact) mass is 809 g/mol. The molecule has 0 bridgehead atoms. The maximum atomic E-state index is 12.8. The molecule has 1 rings (SSSR count). The van der Waals surface area contributed by atoms with E-state index in [9.17, 15) is 37.9 Å². The highest BCUT2D eigenvalue weighted by molar-refractivity contribution is 7.85. The second kappa shape index (κ2) is 33.6. The summed E-state index contributed by atoms with van der Waals surface area (Å²) >= 11 is 0. The molecule has 4 N–H and O–H groups in total. The molecule has 1 heterocycles. The van der Waals surface area contributed by atoms with Crippen LogP contribution in [0.25, 0.3) is 0 Å². The lowest BCUT2D eigenvalue weighted by Crippen LogP contribution is -2.60. The molecule has 1 aliphatic heterocycles. The van der Waals surface area contributed by atoms with Crippen molar-refractivity contribution >= 4 is 22.1 Å². The molecule has 0 aromatic carbocycles. The van der Waals surface area contributed by atoms with Gasteiger partial charge in [0.15, 0.2) is 12.4 Å². The van der Waals surface area contributed by atoms with Crippen LogP contribution in [0.1, 0.15) is 200 Å². The molecule has 6 atom stereocenters. The molecule has 1 saturated heterocycles. The smallest absolute Gasteiger partial charge is 0.306 e. The maximum Gasteiger partial charge on any atom is 0.306 e. The minimum absolute atomic E-state index is 0.172. The number of aliphatic hydroxyl groups excluding tert-OH is 3. The molecule has 12 nitrogen and oxygen atoms in total. The van der Waals surface area contributed by atoms with Gasteiger partial charge in [-0.1, -0.05) is 174 Å². The highest BCUT2D eigenvalue weighted by Gasteiger charge is 2.46. The summed E-state index contributed by atoms with van der Waals surface area (Å²) in [4.78, 5) is 25.2. The minimum atomic E-state index is -4.59. The van der Waals surface area contributed by atoms with Gasteiger partial charge >= 0.3 is 11.9 Å². The molecule has 0 spiro atoms. The molecule has 0 saturated carbocycles. The van der Waals surface area contributed by atoms with Crippen molar-refractivity contribution in [2.45, 2.75) is 237 Å². The largest absolute Gasteiger partial charge is 0.462 e. The number of carbonyl (C=O) groups excluding carboxylic acids is 2. The Kier molecular flexibility index (Phi) is 31.6. The number of carbonyl (C=O) groups is 2. The van der Waals surface area contributed by atoms with Gasteiger partial charge in [0, 0.05) is 12.8 Å². The van der Waals surface area contributed by atoms with Crippen molar-refractivity contribution in [2.24, 2.45) is 0 Å². The van der Waals surface area contributed by atoms with Crippen molar-refractivity contribution in [3.63, 3.8) is 0 Å². The lowest BCUT2D eigenvalue weighted by atomic mass is 10.00. The van der Waals surface area contributed by atoms with E-state index in [0.717, 1.165) is 38.5 Å².